The molecule has 1 aromatic heterocycles. The molecule has 0 atom stereocenters. The zero-order chi connectivity index (χ0) is 16.6. The van der Waals surface area contributed by atoms with E-state index in [4.69, 9.17) is 9.47 Å². The zero-order valence-electron chi connectivity index (χ0n) is 11.3. The number of aromatic carboxylic acids is 1. The molecule has 0 spiro atoms. The molecule has 22 heavy (non-hydrogen) atoms. The standard InChI is InChI=1S/C13H9Br4NO4/c1-21-10-6(14)4-3-5(13(19)20)9(12(16)17)18-8(4)7(15)11(10)22-2/h3,12H,1-2H3,(H,19,20). The van der Waals surface area contributed by atoms with Crippen molar-refractivity contribution in [1.82, 2.24) is 4.98 Å². The molecule has 9 heteroatoms. The molecule has 1 aromatic carbocycles. The highest BCUT2D eigenvalue weighted by atomic mass is 79.9. The summed E-state index contributed by atoms with van der Waals surface area (Å²) in [4.78, 5) is 15.9. The van der Waals surface area contributed by atoms with E-state index in [2.05, 4.69) is 68.7 Å². The summed E-state index contributed by atoms with van der Waals surface area (Å²) in [6.07, 6.45) is 0. The van der Waals surface area contributed by atoms with Gasteiger partial charge in [0.05, 0.1) is 39.9 Å². The van der Waals surface area contributed by atoms with E-state index in [-0.39, 0.29) is 5.56 Å². The van der Waals surface area contributed by atoms with Gasteiger partial charge in [0.1, 0.15) is 3.74 Å². The number of carboxylic acids is 1. The van der Waals surface area contributed by atoms with Crippen molar-refractivity contribution < 1.29 is 19.4 Å². The molecule has 0 aliphatic carbocycles. The van der Waals surface area contributed by atoms with Gasteiger partial charge in [0.25, 0.3) is 0 Å². The number of methoxy groups -OCH3 is 2. The lowest BCUT2D eigenvalue weighted by Crippen LogP contribution is -2.06. The average Bonchev–Trinajstić information content (AvgIpc) is 2.48. The van der Waals surface area contributed by atoms with Crippen LogP contribution in [-0.2, 0) is 0 Å². The molecule has 0 amide bonds. The monoisotopic (exact) mass is 559 g/mol. The smallest absolute Gasteiger partial charge is 0.337 e. The van der Waals surface area contributed by atoms with E-state index in [1.807, 2.05) is 0 Å². The Labute approximate surface area is 159 Å². The van der Waals surface area contributed by atoms with Gasteiger partial charge in [-0.2, -0.15) is 0 Å². The number of alkyl halides is 2. The van der Waals surface area contributed by atoms with Crippen LogP contribution in [0, 0.1) is 0 Å². The molecule has 118 valence electrons. The third-order valence-corrected chi connectivity index (χ3v) is 5.34. The van der Waals surface area contributed by atoms with E-state index in [0.29, 0.717) is 37.0 Å². The fourth-order valence-electron chi connectivity index (χ4n) is 1.99. The van der Waals surface area contributed by atoms with Gasteiger partial charge in [0.15, 0.2) is 11.5 Å². The molecule has 1 N–H and O–H groups in total. The van der Waals surface area contributed by atoms with Gasteiger partial charge in [0, 0.05) is 5.39 Å². The van der Waals surface area contributed by atoms with Crippen LogP contribution in [0.4, 0.5) is 0 Å². The Morgan fingerprint density at radius 2 is 1.73 bits per heavy atom. The average molecular weight is 563 g/mol. The summed E-state index contributed by atoms with van der Waals surface area (Å²) in [5.74, 6) is -0.128. The van der Waals surface area contributed by atoms with Crippen molar-refractivity contribution in [3.05, 3.63) is 26.3 Å². The minimum absolute atomic E-state index is 0.0890. The Morgan fingerprint density at radius 1 is 1.18 bits per heavy atom. The van der Waals surface area contributed by atoms with Crippen LogP contribution in [0.2, 0.25) is 0 Å². The van der Waals surface area contributed by atoms with Crippen molar-refractivity contribution >= 4 is 80.6 Å². The van der Waals surface area contributed by atoms with Crippen LogP contribution in [0.1, 0.15) is 19.8 Å². The second-order valence-electron chi connectivity index (χ2n) is 4.12. The number of pyridine rings is 1. The molecule has 0 aliphatic rings. The molecule has 0 radical (unpaired) electrons. The van der Waals surface area contributed by atoms with Gasteiger partial charge in [-0.15, -0.1) is 0 Å². The van der Waals surface area contributed by atoms with Crippen molar-refractivity contribution in [2.75, 3.05) is 14.2 Å². The highest BCUT2D eigenvalue weighted by molar-refractivity contribution is 9.24. The normalized spacial score (nSPS) is 11.0. The summed E-state index contributed by atoms with van der Waals surface area (Å²) in [6.45, 7) is 0. The van der Waals surface area contributed by atoms with E-state index in [1.54, 1.807) is 6.07 Å². The second-order valence-corrected chi connectivity index (χ2v) is 8.76. The zero-order valence-corrected chi connectivity index (χ0v) is 17.6. The predicted molar refractivity (Wildman–Crippen MR) is 97.8 cm³/mol. The molecule has 0 saturated heterocycles. The van der Waals surface area contributed by atoms with Crippen molar-refractivity contribution in [1.29, 1.82) is 0 Å². The largest absolute Gasteiger partial charge is 0.492 e. The van der Waals surface area contributed by atoms with Crippen LogP contribution in [0.15, 0.2) is 15.0 Å². The lowest BCUT2D eigenvalue weighted by molar-refractivity contribution is 0.0695. The molecule has 0 unspecified atom stereocenters. The van der Waals surface area contributed by atoms with Crippen molar-refractivity contribution in [2.45, 2.75) is 3.74 Å². The number of ether oxygens (including phenoxy) is 2. The van der Waals surface area contributed by atoms with Crippen LogP contribution in [-0.4, -0.2) is 30.3 Å². The number of fused-ring (bicyclic) bond motifs is 1. The van der Waals surface area contributed by atoms with Crippen LogP contribution >= 0.6 is 63.7 Å². The fourth-order valence-corrected chi connectivity index (χ4v) is 3.98. The molecule has 1 heterocycles. The first-order valence-corrected chi connectivity index (χ1v) is 9.20. The number of hydrogen-bond acceptors (Lipinski definition) is 4. The number of hydrogen-bond donors (Lipinski definition) is 1. The number of carboxylic acid groups (broad SMARTS) is 1. The molecule has 0 fully saturated rings. The molecule has 2 rings (SSSR count). The molecule has 2 aromatic rings. The van der Waals surface area contributed by atoms with Gasteiger partial charge in [-0.1, -0.05) is 31.9 Å². The third-order valence-electron chi connectivity index (χ3n) is 2.95. The minimum Gasteiger partial charge on any atom is -0.492 e. The number of carbonyl (C=O) groups is 1. The van der Waals surface area contributed by atoms with Gasteiger partial charge in [-0.05, 0) is 37.9 Å². The summed E-state index contributed by atoms with van der Waals surface area (Å²) in [6, 6.07) is 1.55. The second kappa shape index (κ2) is 7.02. The maximum absolute atomic E-state index is 11.5. The Balaban J connectivity index is 2.98. The quantitative estimate of drug-likeness (QED) is 0.515. The van der Waals surface area contributed by atoms with E-state index < -0.39 is 9.71 Å². The predicted octanol–water partition coefficient (Wildman–Crippen LogP) is 5.26. The first-order chi connectivity index (χ1) is 10.3. The van der Waals surface area contributed by atoms with Gasteiger partial charge in [0.2, 0.25) is 0 Å². The van der Waals surface area contributed by atoms with Crippen LogP contribution in [0.3, 0.4) is 0 Å². The SMILES string of the molecule is COc1c(OC)c(Br)c2nc(C(Br)Br)c(C(=O)O)cc2c1Br. The Bertz CT molecular complexity index is 764. The summed E-state index contributed by atoms with van der Waals surface area (Å²) in [5.41, 5.74) is 1.01. The Kier molecular flexibility index (Phi) is 5.73. The summed E-state index contributed by atoms with van der Waals surface area (Å²) < 4.78 is 11.5. The number of aromatic nitrogens is 1. The van der Waals surface area contributed by atoms with Crippen molar-refractivity contribution in [3.8, 4) is 11.5 Å². The van der Waals surface area contributed by atoms with E-state index >= 15 is 0 Å². The van der Waals surface area contributed by atoms with E-state index in [1.165, 1.54) is 14.2 Å². The van der Waals surface area contributed by atoms with Crippen LogP contribution < -0.4 is 9.47 Å². The number of halogens is 4. The fraction of sp³-hybridized carbons (Fsp3) is 0.231. The number of rotatable bonds is 4. The molecular formula is C13H9Br4NO4. The van der Waals surface area contributed by atoms with Gasteiger partial charge >= 0.3 is 5.97 Å². The van der Waals surface area contributed by atoms with Crippen molar-refractivity contribution in [3.63, 3.8) is 0 Å². The lowest BCUT2D eigenvalue weighted by Gasteiger charge is -2.16. The van der Waals surface area contributed by atoms with E-state index in [9.17, 15) is 9.90 Å². The van der Waals surface area contributed by atoms with Gasteiger partial charge < -0.3 is 14.6 Å². The Morgan fingerprint density at radius 3 is 2.18 bits per heavy atom. The summed E-state index contributed by atoms with van der Waals surface area (Å²) in [5, 5.41) is 10.00. The van der Waals surface area contributed by atoms with Crippen molar-refractivity contribution in [2.24, 2.45) is 0 Å². The first-order valence-electron chi connectivity index (χ1n) is 5.78. The number of nitrogens with zero attached hydrogens (tertiary/aromatic N) is 1. The Hall–Kier alpha value is -0.380. The first kappa shape index (κ1) is 18.0. The van der Waals surface area contributed by atoms with Crippen LogP contribution in [0.5, 0.6) is 11.5 Å². The lowest BCUT2D eigenvalue weighted by atomic mass is 10.1. The highest BCUT2D eigenvalue weighted by Crippen LogP contribution is 2.47. The third kappa shape index (κ3) is 3.00. The maximum atomic E-state index is 11.5. The molecule has 0 aliphatic heterocycles. The van der Waals surface area contributed by atoms with Gasteiger partial charge in [-0.3, -0.25) is 0 Å². The topological polar surface area (TPSA) is 68.7 Å². The molecular weight excluding hydrogens is 554 g/mol. The molecule has 5 nitrogen and oxygen atoms in total. The minimum atomic E-state index is -1.06. The maximum Gasteiger partial charge on any atom is 0.337 e. The van der Waals surface area contributed by atoms with E-state index in [0.717, 1.165) is 0 Å². The highest BCUT2D eigenvalue weighted by Gasteiger charge is 2.24. The number of benzene rings is 1. The van der Waals surface area contributed by atoms with Crippen LogP contribution in [0.25, 0.3) is 10.9 Å². The molecule has 0 bridgehead atoms. The van der Waals surface area contributed by atoms with Gasteiger partial charge in [-0.25, -0.2) is 9.78 Å². The molecule has 0 saturated carbocycles. The summed E-state index contributed by atoms with van der Waals surface area (Å²) >= 11 is 13.5. The summed E-state index contributed by atoms with van der Waals surface area (Å²) in [7, 11) is 3.03.